The van der Waals surface area contributed by atoms with Gasteiger partial charge in [-0.25, -0.2) is 0 Å². The second kappa shape index (κ2) is 5.08. The molecule has 0 heterocycles. The molecule has 1 heteroatoms. The van der Waals surface area contributed by atoms with Gasteiger partial charge in [0.15, 0.2) is 0 Å². The van der Waals surface area contributed by atoms with Crippen LogP contribution in [0.2, 0.25) is 0 Å². The molecule has 16 heavy (non-hydrogen) atoms. The summed E-state index contributed by atoms with van der Waals surface area (Å²) in [6, 6.07) is 0.651. The summed E-state index contributed by atoms with van der Waals surface area (Å²) in [5, 5.41) is 3.72. The molecule has 2 rings (SSSR count). The number of fused-ring (bicyclic) bond motifs is 2. The Morgan fingerprint density at radius 1 is 1.31 bits per heavy atom. The van der Waals surface area contributed by atoms with Gasteiger partial charge in [0.05, 0.1) is 0 Å². The molecular formula is C15H29N. The van der Waals surface area contributed by atoms with Gasteiger partial charge in [0, 0.05) is 12.6 Å². The molecule has 0 aliphatic heterocycles. The molecule has 0 amide bonds. The minimum atomic E-state index is 0.651. The highest BCUT2D eigenvalue weighted by Gasteiger charge is 2.49. The Balaban J connectivity index is 1.96. The van der Waals surface area contributed by atoms with E-state index in [0.29, 0.717) is 11.5 Å². The van der Waals surface area contributed by atoms with Crippen LogP contribution in [-0.4, -0.2) is 12.6 Å². The molecule has 94 valence electrons. The van der Waals surface area contributed by atoms with Crippen LogP contribution < -0.4 is 5.32 Å². The predicted octanol–water partition coefficient (Wildman–Crippen LogP) is 3.98. The fraction of sp³-hybridized carbons (Fsp3) is 1.00. The van der Waals surface area contributed by atoms with E-state index in [9.17, 15) is 0 Å². The fourth-order valence-electron chi connectivity index (χ4n) is 4.11. The van der Waals surface area contributed by atoms with Gasteiger partial charge in [-0.15, -0.1) is 0 Å². The number of hydrogen-bond acceptors (Lipinski definition) is 1. The van der Waals surface area contributed by atoms with Gasteiger partial charge in [-0.2, -0.15) is 0 Å². The third kappa shape index (κ3) is 2.45. The van der Waals surface area contributed by atoms with Crippen LogP contribution in [-0.2, 0) is 0 Å². The standard InChI is InChI=1S/C15H29N/c1-4-5-8-15(11-16-12(2)3)10-13-6-7-14(15)9-13/h12-14,16H,4-11H2,1-3H3. The summed E-state index contributed by atoms with van der Waals surface area (Å²) < 4.78 is 0. The molecule has 3 atom stereocenters. The third-order valence-electron chi connectivity index (χ3n) is 4.99. The molecule has 0 spiro atoms. The molecule has 0 aromatic carbocycles. The van der Waals surface area contributed by atoms with Crippen molar-refractivity contribution in [1.29, 1.82) is 0 Å². The second-order valence-electron chi connectivity index (χ2n) is 6.58. The SMILES string of the molecule is CCCCC1(CNC(C)C)CC2CCC1C2. The fourth-order valence-corrected chi connectivity index (χ4v) is 4.11. The van der Waals surface area contributed by atoms with Crippen molar-refractivity contribution in [2.45, 2.75) is 71.8 Å². The van der Waals surface area contributed by atoms with Crippen molar-refractivity contribution >= 4 is 0 Å². The van der Waals surface area contributed by atoms with Gasteiger partial charge in [0.1, 0.15) is 0 Å². The second-order valence-corrected chi connectivity index (χ2v) is 6.58. The topological polar surface area (TPSA) is 12.0 Å². The van der Waals surface area contributed by atoms with Crippen molar-refractivity contribution in [3.63, 3.8) is 0 Å². The van der Waals surface area contributed by atoms with E-state index in [-0.39, 0.29) is 0 Å². The minimum Gasteiger partial charge on any atom is -0.314 e. The van der Waals surface area contributed by atoms with E-state index in [1.807, 2.05) is 0 Å². The maximum Gasteiger partial charge on any atom is 0.00129 e. The Bertz CT molecular complexity index is 223. The minimum absolute atomic E-state index is 0.651. The lowest BCUT2D eigenvalue weighted by molar-refractivity contribution is 0.135. The summed E-state index contributed by atoms with van der Waals surface area (Å²) in [7, 11) is 0. The molecule has 0 radical (unpaired) electrons. The molecule has 1 nitrogen and oxygen atoms in total. The van der Waals surface area contributed by atoms with E-state index in [1.165, 1.54) is 45.1 Å². The van der Waals surface area contributed by atoms with Crippen molar-refractivity contribution in [1.82, 2.24) is 5.32 Å². The van der Waals surface area contributed by atoms with Gasteiger partial charge < -0.3 is 5.32 Å². The van der Waals surface area contributed by atoms with Crippen molar-refractivity contribution in [3.8, 4) is 0 Å². The first-order valence-electron chi connectivity index (χ1n) is 7.39. The first-order valence-corrected chi connectivity index (χ1v) is 7.39. The van der Waals surface area contributed by atoms with Crippen LogP contribution in [0, 0.1) is 17.3 Å². The molecule has 2 bridgehead atoms. The third-order valence-corrected chi connectivity index (χ3v) is 4.99. The Labute approximate surface area is 101 Å². The summed E-state index contributed by atoms with van der Waals surface area (Å²) in [5.41, 5.74) is 0.684. The van der Waals surface area contributed by atoms with E-state index >= 15 is 0 Å². The van der Waals surface area contributed by atoms with Crippen molar-refractivity contribution in [2.75, 3.05) is 6.54 Å². The summed E-state index contributed by atoms with van der Waals surface area (Å²) in [6.07, 6.45) is 10.4. The average Bonchev–Trinajstić information content (AvgIpc) is 2.84. The lowest BCUT2D eigenvalue weighted by Gasteiger charge is -2.39. The average molecular weight is 223 g/mol. The van der Waals surface area contributed by atoms with Crippen LogP contribution in [0.4, 0.5) is 0 Å². The zero-order chi connectivity index (χ0) is 11.6. The smallest absolute Gasteiger partial charge is 0.00129 e. The Kier molecular flexibility index (Phi) is 3.94. The molecule has 2 aliphatic carbocycles. The van der Waals surface area contributed by atoms with E-state index in [2.05, 4.69) is 26.1 Å². The van der Waals surface area contributed by atoms with Crippen LogP contribution in [0.15, 0.2) is 0 Å². The van der Waals surface area contributed by atoms with Crippen LogP contribution in [0.5, 0.6) is 0 Å². The van der Waals surface area contributed by atoms with Crippen LogP contribution in [0.3, 0.4) is 0 Å². The Morgan fingerprint density at radius 3 is 2.62 bits per heavy atom. The highest BCUT2D eigenvalue weighted by Crippen LogP contribution is 2.57. The van der Waals surface area contributed by atoms with Gasteiger partial charge in [-0.3, -0.25) is 0 Å². The highest BCUT2D eigenvalue weighted by molar-refractivity contribution is 5.01. The highest BCUT2D eigenvalue weighted by atomic mass is 14.9. The number of rotatable bonds is 6. The molecule has 0 saturated heterocycles. The van der Waals surface area contributed by atoms with E-state index < -0.39 is 0 Å². The summed E-state index contributed by atoms with van der Waals surface area (Å²) in [5.74, 6) is 2.13. The number of hydrogen-bond donors (Lipinski definition) is 1. The zero-order valence-corrected chi connectivity index (χ0v) is 11.4. The van der Waals surface area contributed by atoms with Crippen molar-refractivity contribution in [2.24, 2.45) is 17.3 Å². The number of nitrogens with one attached hydrogen (secondary N) is 1. The van der Waals surface area contributed by atoms with E-state index in [4.69, 9.17) is 0 Å². The van der Waals surface area contributed by atoms with E-state index in [0.717, 1.165) is 11.8 Å². The van der Waals surface area contributed by atoms with Crippen molar-refractivity contribution < 1.29 is 0 Å². The molecule has 2 fully saturated rings. The summed E-state index contributed by atoms with van der Waals surface area (Å²) in [6.45, 7) is 8.17. The van der Waals surface area contributed by atoms with Gasteiger partial charge in [-0.1, -0.05) is 40.0 Å². The Hall–Kier alpha value is -0.0400. The largest absolute Gasteiger partial charge is 0.314 e. The quantitative estimate of drug-likeness (QED) is 0.718. The maximum absolute atomic E-state index is 3.72. The van der Waals surface area contributed by atoms with Crippen LogP contribution >= 0.6 is 0 Å². The Morgan fingerprint density at radius 2 is 2.12 bits per heavy atom. The normalized spacial score (nSPS) is 37.5. The molecule has 3 unspecified atom stereocenters. The lowest BCUT2D eigenvalue weighted by atomic mass is 9.70. The van der Waals surface area contributed by atoms with Crippen LogP contribution in [0.25, 0.3) is 0 Å². The lowest BCUT2D eigenvalue weighted by Crippen LogP contribution is -2.41. The monoisotopic (exact) mass is 223 g/mol. The van der Waals surface area contributed by atoms with Gasteiger partial charge in [0.25, 0.3) is 0 Å². The molecule has 2 aliphatic rings. The zero-order valence-electron chi connectivity index (χ0n) is 11.4. The predicted molar refractivity (Wildman–Crippen MR) is 70.5 cm³/mol. The van der Waals surface area contributed by atoms with Crippen LogP contribution in [0.1, 0.15) is 65.7 Å². The van der Waals surface area contributed by atoms with Gasteiger partial charge in [0.2, 0.25) is 0 Å². The molecule has 2 saturated carbocycles. The first-order chi connectivity index (χ1) is 7.66. The summed E-state index contributed by atoms with van der Waals surface area (Å²) in [4.78, 5) is 0. The van der Waals surface area contributed by atoms with E-state index in [1.54, 1.807) is 6.42 Å². The van der Waals surface area contributed by atoms with Crippen molar-refractivity contribution in [3.05, 3.63) is 0 Å². The van der Waals surface area contributed by atoms with Gasteiger partial charge in [-0.05, 0) is 42.9 Å². The molecule has 1 N–H and O–H groups in total. The summed E-state index contributed by atoms with van der Waals surface area (Å²) >= 11 is 0. The first kappa shape index (κ1) is 12.4. The molecular weight excluding hydrogens is 194 g/mol. The molecule has 0 aromatic rings. The van der Waals surface area contributed by atoms with Gasteiger partial charge >= 0.3 is 0 Å². The molecule has 0 aromatic heterocycles. The number of unbranched alkanes of at least 4 members (excludes halogenated alkanes) is 1. The maximum atomic E-state index is 3.72.